The minimum atomic E-state index is -0.362. The molecule has 0 bridgehead atoms. The highest BCUT2D eigenvalue weighted by atomic mass is 19.1. The van der Waals surface area contributed by atoms with Gasteiger partial charge in [-0.3, -0.25) is 0 Å². The Bertz CT molecular complexity index is 542. The van der Waals surface area contributed by atoms with Crippen LogP contribution in [-0.4, -0.2) is 19.8 Å². The predicted molar refractivity (Wildman–Crippen MR) is 67.3 cm³/mol. The van der Waals surface area contributed by atoms with Gasteiger partial charge in [0.1, 0.15) is 0 Å². The van der Waals surface area contributed by atoms with E-state index >= 15 is 0 Å². The molecule has 0 unspecified atom stereocenters. The lowest BCUT2D eigenvalue weighted by molar-refractivity contribution is -0.0868. The van der Waals surface area contributed by atoms with Crippen molar-refractivity contribution in [3.8, 4) is 11.8 Å². The molecule has 0 atom stereocenters. The highest BCUT2D eigenvalue weighted by Gasteiger charge is 2.64. The van der Waals surface area contributed by atoms with Crippen molar-refractivity contribution < 1.29 is 13.9 Å². The van der Waals surface area contributed by atoms with Crippen LogP contribution in [0, 0.1) is 22.6 Å². The zero-order valence-electron chi connectivity index (χ0n) is 10.9. The molecule has 1 saturated carbocycles. The van der Waals surface area contributed by atoms with E-state index in [1.807, 2.05) is 13.0 Å². The fourth-order valence-corrected chi connectivity index (χ4v) is 2.92. The van der Waals surface area contributed by atoms with Gasteiger partial charge in [-0.1, -0.05) is 6.07 Å². The molecule has 3 rings (SSSR count). The maximum absolute atomic E-state index is 14.0. The molecule has 0 amide bonds. The zero-order valence-corrected chi connectivity index (χ0v) is 10.9. The molecule has 2 fully saturated rings. The van der Waals surface area contributed by atoms with Gasteiger partial charge >= 0.3 is 0 Å². The van der Waals surface area contributed by atoms with E-state index < -0.39 is 0 Å². The summed E-state index contributed by atoms with van der Waals surface area (Å²) < 4.78 is 24.5. The van der Waals surface area contributed by atoms with E-state index in [2.05, 4.69) is 6.07 Å². The van der Waals surface area contributed by atoms with Crippen LogP contribution in [0.15, 0.2) is 18.2 Å². The summed E-state index contributed by atoms with van der Waals surface area (Å²) in [5.74, 6) is -0.0946. The third-order valence-electron chi connectivity index (χ3n) is 4.36. The van der Waals surface area contributed by atoms with Gasteiger partial charge in [-0.25, -0.2) is 4.39 Å². The summed E-state index contributed by atoms with van der Waals surface area (Å²) in [4.78, 5) is 0. The van der Waals surface area contributed by atoms with Gasteiger partial charge in [0.05, 0.1) is 36.7 Å². The second kappa shape index (κ2) is 4.21. The molecule has 3 nitrogen and oxygen atoms in total. The van der Waals surface area contributed by atoms with Crippen LogP contribution < -0.4 is 4.74 Å². The fourth-order valence-electron chi connectivity index (χ4n) is 2.92. The first-order chi connectivity index (χ1) is 9.17. The van der Waals surface area contributed by atoms with Crippen molar-refractivity contribution in [2.24, 2.45) is 5.41 Å². The summed E-state index contributed by atoms with van der Waals surface area (Å²) in [5.41, 5.74) is 0.178. The topological polar surface area (TPSA) is 42.2 Å². The first kappa shape index (κ1) is 12.4. The SMILES string of the molecule is CCOc1ccc(C2(C3(C#N)CC3)COC2)cc1F. The van der Waals surface area contributed by atoms with E-state index in [1.165, 1.54) is 6.07 Å². The highest BCUT2D eigenvalue weighted by molar-refractivity contribution is 5.42. The minimum Gasteiger partial charge on any atom is -0.491 e. The molecule has 0 aromatic heterocycles. The average Bonchev–Trinajstić information content (AvgIpc) is 3.13. The molecule has 0 N–H and O–H groups in total. The third kappa shape index (κ3) is 1.65. The van der Waals surface area contributed by atoms with Crippen LogP contribution in [0.1, 0.15) is 25.3 Å². The van der Waals surface area contributed by atoms with Crippen molar-refractivity contribution in [2.75, 3.05) is 19.8 Å². The molecule has 0 spiro atoms. The number of benzene rings is 1. The lowest BCUT2D eigenvalue weighted by Crippen LogP contribution is -2.53. The normalized spacial score (nSPS) is 22.2. The van der Waals surface area contributed by atoms with Crippen molar-refractivity contribution >= 4 is 0 Å². The summed E-state index contributed by atoms with van der Waals surface area (Å²) in [5, 5.41) is 9.40. The van der Waals surface area contributed by atoms with Crippen LogP contribution in [0.5, 0.6) is 5.75 Å². The Morgan fingerprint density at radius 3 is 2.58 bits per heavy atom. The summed E-state index contributed by atoms with van der Waals surface area (Å²) in [7, 11) is 0. The number of nitriles is 1. The van der Waals surface area contributed by atoms with Gasteiger partial charge in [0.2, 0.25) is 0 Å². The van der Waals surface area contributed by atoms with Crippen LogP contribution in [0.3, 0.4) is 0 Å². The lowest BCUT2D eigenvalue weighted by Gasteiger charge is -2.45. The standard InChI is InChI=1S/C15H16FNO2/c1-2-19-13-4-3-11(7-12(13)16)15(9-18-10-15)14(8-17)5-6-14/h3-4,7H,2,5-6,9-10H2,1H3. The Hall–Kier alpha value is -1.60. The summed E-state index contributed by atoms with van der Waals surface area (Å²) in [6.45, 7) is 3.28. The Morgan fingerprint density at radius 1 is 1.42 bits per heavy atom. The Labute approximate surface area is 111 Å². The van der Waals surface area contributed by atoms with Crippen LogP contribution >= 0.6 is 0 Å². The van der Waals surface area contributed by atoms with Gasteiger partial charge in [0, 0.05) is 0 Å². The maximum atomic E-state index is 14.0. The van der Waals surface area contributed by atoms with Gasteiger partial charge in [-0.2, -0.15) is 5.26 Å². The van der Waals surface area contributed by atoms with E-state index in [0.717, 1.165) is 18.4 Å². The van der Waals surface area contributed by atoms with Crippen molar-refractivity contribution in [3.05, 3.63) is 29.6 Å². The van der Waals surface area contributed by atoms with E-state index in [4.69, 9.17) is 9.47 Å². The lowest BCUT2D eigenvalue weighted by atomic mass is 9.66. The van der Waals surface area contributed by atoms with Crippen LogP contribution in [0.25, 0.3) is 0 Å². The van der Waals surface area contributed by atoms with Gasteiger partial charge < -0.3 is 9.47 Å². The molecule has 1 saturated heterocycles. The molecule has 19 heavy (non-hydrogen) atoms. The van der Waals surface area contributed by atoms with Gasteiger partial charge in [-0.15, -0.1) is 0 Å². The smallest absolute Gasteiger partial charge is 0.165 e. The molecular weight excluding hydrogens is 245 g/mol. The van der Waals surface area contributed by atoms with Crippen molar-refractivity contribution in [2.45, 2.75) is 25.2 Å². The fraction of sp³-hybridized carbons (Fsp3) is 0.533. The van der Waals surface area contributed by atoms with Crippen molar-refractivity contribution in [1.29, 1.82) is 5.26 Å². The largest absolute Gasteiger partial charge is 0.491 e. The molecule has 2 aliphatic rings. The maximum Gasteiger partial charge on any atom is 0.165 e. The Balaban J connectivity index is 1.97. The molecule has 1 aliphatic heterocycles. The average molecular weight is 261 g/mol. The van der Waals surface area contributed by atoms with Gasteiger partial charge in [0.25, 0.3) is 0 Å². The van der Waals surface area contributed by atoms with E-state index in [0.29, 0.717) is 19.8 Å². The quantitative estimate of drug-likeness (QED) is 0.837. The Morgan fingerprint density at radius 2 is 2.16 bits per heavy atom. The number of rotatable bonds is 4. The molecule has 100 valence electrons. The number of ether oxygens (including phenoxy) is 2. The molecule has 4 heteroatoms. The summed E-state index contributed by atoms with van der Waals surface area (Å²) >= 11 is 0. The first-order valence-electron chi connectivity index (χ1n) is 6.59. The van der Waals surface area contributed by atoms with Crippen LogP contribution in [0.2, 0.25) is 0 Å². The van der Waals surface area contributed by atoms with Crippen molar-refractivity contribution in [1.82, 2.24) is 0 Å². The number of hydrogen-bond donors (Lipinski definition) is 0. The highest BCUT2D eigenvalue weighted by Crippen LogP contribution is 2.62. The van der Waals surface area contributed by atoms with E-state index in [9.17, 15) is 9.65 Å². The number of halogens is 1. The van der Waals surface area contributed by atoms with Crippen molar-refractivity contribution in [3.63, 3.8) is 0 Å². The minimum absolute atomic E-state index is 0.267. The van der Waals surface area contributed by atoms with E-state index in [1.54, 1.807) is 6.07 Å². The Kier molecular flexibility index (Phi) is 2.75. The molecule has 1 aliphatic carbocycles. The molecule has 1 heterocycles. The third-order valence-corrected chi connectivity index (χ3v) is 4.36. The monoisotopic (exact) mass is 261 g/mol. The van der Waals surface area contributed by atoms with Gasteiger partial charge in [-0.05, 0) is 37.5 Å². The molecular formula is C15H16FNO2. The number of hydrogen-bond acceptors (Lipinski definition) is 3. The predicted octanol–water partition coefficient (Wildman–Crippen LogP) is 2.80. The van der Waals surface area contributed by atoms with Crippen LogP contribution in [0.4, 0.5) is 4.39 Å². The second-order valence-electron chi connectivity index (χ2n) is 5.35. The van der Waals surface area contributed by atoms with E-state index in [-0.39, 0.29) is 22.4 Å². The number of nitrogens with zero attached hydrogens (tertiary/aromatic N) is 1. The van der Waals surface area contributed by atoms with Gasteiger partial charge in [0.15, 0.2) is 11.6 Å². The second-order valence-corrected chi connectivity index (χ2v) is 5.35. The molecule has 1 aromatic carbocycles. The summed E-state index contributed by atoms with van der Waals surface area (Å²) in [6, 6.07) is 7.45. The molecule has 0 radical (unpaired) electrons. The summed E-state index contributed by atoms with van der Waals surface area (Å²) in [6.07, 6.45) is 1.75. The molecule has 1 aromatic rings. The first-order valence-corrected chi connectivity index (χ1v) is 6.59. The zero-order chi connectivity index (χ0) is 13.5. The van der Waals surface area contributed by atoms with Crippen LogP contribution in [-0.2, 0) is 10.2 Å².